The normalized spacial score (nSPS) is 11.7. The topological polar surface area (TPSA) is 3.24 Å². The first kappa shape index (κ1) is 40.6. The fourth-order valence-electron chi connectivity index (χ4n) is 9.72. The summed E-state index contributed by atoms with van der Waals surface area (Å²) in [4.78, 5) is 2.40. The largest absolute Gasteiger partial charge is 0.310 e. The van der Waals surface area contributed by atoms with Crippen LogP contribution in [-0.4, -0.2) is 0 Å². The van der Waals surface area contributed by atoms with Gasteiger partial charge in [0.05, 0.1) is 0 Å². The van der Waals surface area contributed by atoms with E-state index in [4.69, 9.17) is 13.2 Å². The van der Waals surface area contributed by atoms with Crippen LogP contribution >= 0.6 is 0 Å². The van der Waals surface area contributed by atoms with Crippen molar-refractivity contribution >= 4 is 73.3 Å². The predicted molar refractivity (Wildman–Crippen MR) is 280 cm³/mol. The van der Waals surface area contributed by atoms with Gasteiger partial charge in [0, 0.05) is 17.1 Å². The maximum Gasteiger partial charge on any atom is 0.0470 e. The number of allylic oxidation sites excluding steroid dienone is 2. The molecule has 310 valence electrons. The van der Waals surface area contributed by atoms with Crippen molar-refractivity contribution in [3.8, 4) is 33.4 Å². The average Bonchev–Trinajstić information content (AvgIpc) is 3.32. The highest BCUT2D eigenvalue weighted by Gasteiger charge is 2.19. The first-order valence-corrected chi connectivity index (χ1v) is 22.7. The van der Waals surface area contributed by atoms with Crippen molar-refractivity contribution in [2.45, 2.75) is 46.5 Å². The van der Waals surface area contributed by atoms with Gasteiger partial charge in [-0.1, -0.05) is 171 Å². The standard InChI is InChI=1S/C63H53N/c1-6-7-8-9-10-17-46-36-52(40-55(37-46)64(53-31-26-42(2)27-32-53)54-33-28-43(3)29-34-54)63-45(5)44(4)62(59-22-13-14-23-60(59)63)51-21-15-20-49(39-51)56-24-16-25-57-58(56)35-30-50-38-47-18-11-12-19-48(47)41-61(50)57/h7-8,11-16,18-41H,4-6,9-10,17H2,1-3H3. The molecule has 1 heteroatoms. The molecule has 64 heavy (non-hydrogen) atoms. The monoisotopic (exact) mass is 823 g/mol. The summed E-state index contributed by atoms with van der Waals surface area (Å²) in [6, 6.07) is 67.4. The summed E-state index contributed by atoms with van der Waals surface area (Å²) in [5.74, 6) is 0. The van der Waals surface area contributed by atoms with Crippen LogP contribution in [0, 0.1) is 13.8 Å². The minimum Gasteiger partial charge on any atom is -0.310 e. The molecular weight excluding hydrogens is 771 g/mol. The smallest absolute Gasteiger partial charge is 0.0470 e. The van der Waals surface area contributed by atoms with E-state index in [1.54, 1.807) is 0 Å². The van der Waals surface area contributed by atoms with Gasteiger partial charge < -0.3 is 4.90 Å². The van der Waals surface area contributed by atoms with E-state index in [1.807, 2.05) is 0 Å². The second kappa shape index (κ2) is 17.4. The molecule has 0 spiro atoms. The van der Waals surface area contributed by atoms with Gasteiger partial charge in [0.2, 0.25) is 0 Å². The van der Waals surface area contributed by atoms with Crippen LogP contribution in [0.5, 0.6) is 0 Å². The second-order valence-corrected chi connectivity index (χ2v) is 17.4. The van der Waals surface area contributed by atoms with E-state index in [0.29, 0.717) is 0 Å². The second-order valence-electron chi connectivity index (χ2n) is 17.4. The molecule has 0 aliphatic carbocycles. The number of nitrogens with zero attached hydrogens (tertiary/aromatic N) is 1. The number of aryl methyl sites for hydroxylation is 3. The molecule has 0 amide bonds. The van der Waals surface area contributed by atoms with Gasteiger partial charge in [-0.25, -0.2) is 0 Å². The number of unbranched alkanes of at least 4 members (excludes halogenated alkanes) is 1. The molecule has 0 bridgehead atoms. The molecular formula is C63H53N. The molecule has 0 radical (unpaired) electrons. The van der Waals surface area contributed by atoms with Crippen molar-refractivity contribution < 1.29 is 0 Å². The van der Waals surface area contributed by atoms with Crippen LogP contribution in [0.2, 0.25) is 0 Å². The van der Waals surface area contributed by atoms with Crippen molar-refractivity contribution in [2.75, 3.05) is 4.90 Å². The van der Waals surface area contributed by atoms with Crippen molar-refractivity contribution in [1.82, 2.24) is 0 Å². The van der Waals surface area contributed by atoms with Crippen LogP contribution in [-0.2, 0) is 6.42 Å². The Labute approximate surface area is 377 Å². The highest BCUT2D eigenvalue weighted by molar-refractivity contribution is 6.15. The summed E-state index contributed by atoms with van der Waals surface area (Å²) in [6.07, 6.45) is 8.76. The fourth-order valence-corrected chi connectivity index (χ4v) is 9.72. The molecule has 0 saturated heterocycles. The zero-order chi connectivity index (χ0) is 43.7. The highest BCUT2D eigenvalue weighted by atomic mass is 15.1. The Kier molecular flexibility index (Phi) is 11.0. The van der Waals surface area contributed by atoms with Gasteiger partial charge in [-0.2, -0.15) is 0 Å². The van der Waals surface area contributed by atoms with Crippen LogP contribution in [0.15, 0.2) is 194 Å². The van der Waals surface area contributed by atoms with Crippen LogP contribution in [0.4, 0.5) is 17.1 Å². The number of anilines is 3. The highest BCUT2D eigenvalue weighted by Crippen LogP contribution is 2.41. The average molecular weight is 824 g/mol. The van der Waals surface area contributed by atoms with E-state index in [9.17, 15) is 0 Å². The third-order valence-electron chi connectivity index (χ3n) is 13.0. The van der Waals surface area contributed by atoms with Gasteiger partial charge >= 0.3 is 0 Å². The molecule has 0 aliphatic rings. The van der Waals surface area contributed by atoms with Crippen LogP contribution in [0.1, 0.15) is 42.9 Å². The molecule has 0 aliphatic heterocycles. The summed E-state index contributed by atoms with van der Waals surface area (Å²) in [5, 5.41) is 11.8. The Morgan fingerprint density at radius 1 is 0.438 bits per heavy atom. The van der Waals surface area contributed by atoms with Gasteiger partial charge in [-0.15, -0.1) is 0 Å². The van der Waals surface area contributed by atoms with Gasteiger partial charge in [0.1, 0.15) is 0 Å². The number of fused-ring (bicyclic) bond motifs is 5. The third-order valence-corrected chi connectivity index (χ3v) is 13.0. The summed E-state index contributed by atoms with van der Waals surface area (Å²) < 4.78 is 0. The van der Waals surface area contributed by atoms with E-state index >= 15 is 0 Å². The molecule has 10 aromatic rings. The zero-order valence-electron chi connectivity index (χ0n) is 37.2. The van der Waals surface area contributed by atoms with Gasteiger partial charge in [0.15, 0.2) is 0 Å². The van der Waals surface area contributed by atoms with Gasteiger partial charge in [0.25, 0.3) is 0 Å². The Balaban J connectivity index is 1.13. The maximum atomic E-state index is 4.86. The quantitative estimate of drug-likeness (QED) is 0.0544. The van der Waals surface area contributed by atoms with Crippen molar-refractivity contribution in [3.05, 3.63) is 221 Å². The number of hydrogen-bond acceptors (Lipinski definition) is 1. The van der Waals surface area contributed by atoms with Gasteiger partial charge in [-0.3, -0.25) is 0 Å². The molecule has 0 heterocycles. The Morgan fingerprint density at radius 3 is 1.73 bits per heavy atom. The molecule has 1 nitrogen and oxygen atoms in total. The molecule has 10 aromatic carbocycles. The third kappa shape index (κ3) is 7.69. The van der Waals surface area contributed by atoms with E-state index in [-0.39, 0.29) is 0 Å². The Morgan fingerprint density at radius 2 is 1.05 bits per heavy atom. The van der Waals surface area contributed by atoms with Crippen molar-refractivity contribution in [1.29, 1.82) is 0 Å². The predicted octanol–water partition coefficient (Wildman–Crippen LogP) is 16.5. The van der Waals surface area contributed by atoms with E-state index in [2.05, 4.69) is 220 Å². The Hall–Kier alpha value is -7.48. The van der Waals surface area contributed by atoms with Crippen molar-refractivity contribution in [2.24, 2.45) is 0 Å². The molecule has 0 fully saturated rings. The Bertz CT molecular complexity index is 3450. The minimum atomic E-state index is 0.951. The lowest BCUT2D eigenvalue weighted by Crippen LogP contribution is -2.27. The SMILES string of the molecule is C=c1c(-c2cccc(-c3cccc4c3ccc3cc5ccccc5cc34)c2)c2ccccc2c(-c2cc(CCCC=CCC)cc(N(c3ccc(C)cc3)c3ccc(C)cc3)c2)c1=C. The van der Waals surface area contributed by atoms with E-state index < -0.39 is 0 Å². The lowest BCUT2D eigenvalue weighted by Gasteiger charge is -2.27. The number of hydrogen-bond donors (Lipinski definition) is 0. The van der Waals surface area contributed by atoms with Crippen LogP contribution < -0.4 is 15.3 Å². The molecule has 0 atom stereocenters. The first-order chi connectivity index (χ1) is 31.3. The fraction of sp³-hybridized carbons (Fsp3) is 0.111. The summed E-state index contributed by atoms with van der Waals surface area (Å²) in [7, 11) is 0. The zero-order valence-corrected chi connectivity index (χ0v) is 37.2. The van der Waals surface area contributed by atoms with E-state index in [0.717, 1.165) is 75.4 Å². The summed E-state index contributed by atoms with van der Waals surface area (Å²) in [6.45, 7) is 16.2. The van der Waals surface area contributed by atoms with Crippen LogP contribution in [0.25, 0.3) is 89.6 Å². The van der Waals surface area contributed by atoms with Gasteiger partial charge in [-0.05, 0) is 187 Å². The van der Waals surface area contributed by atoms with Crippen LogP contribution in [0.3, 0.4) is 0 Å². The lowest BCUT2D eigenvalue weighted by molar-refractivity contribution is 0.840. The first-order valence-electron chi connectivity index (χ1n) is 22.7. The molecule has 0 aromatic heterocycles. The van der Waals surface area contributed by atoms with E-state index in [1.165, 1.54) is 70.9 Å². The number of benzene rings is 10. The molecule has 0 unspecified atom stereocenters. The molecule has 0 N–H and O–H groups in total. The summed E-state index contributed by atoms with van der Waals surface area (Å²) >= 11 is 0. The number of rotatable bonds is 11. The maximum absolute atomic E-state index is 4.86. The minimum absolute atomic E-state index is 0.951. The molecule has 0 saturated carbocycles. The lowest BCUT2D eigenvalue weighted by atomic mass is 9.87. The summed E-state index contributed by atoms with van der Waals surface area (Å²) in [5.41, 5.74) is 14.1. The molecule has 10 rings (SSSR count). The van der Waals surface area contributed by atoms with Crippen molar-refractivity contribution in [3.63, 3.8) is 0 Å².